The van der Waals surface area contributed by atoms with E-state index in [-0.39, 0.29) is 23.9 Å². The summed E-state index contributed by atoms with van der Waals surface area (Å²) < 4.78 is 16.4. The Morgan fingerprint density at radius 3 is 1.63 bits per heavy atom. The number of nitrogens with zero attached hydrogens (tertiary/aromatic N) is 3. The zero-order valence-corrected chi connectivity index (χ0v) is 27.5. The van der Waals surface area contributed by atoms with Crippen LogP contribution < -0.4 is 4.74 Å². The summed E-state index contributed by atoms with van der Waals surface area (Å²) in [5.74, 6) is 0.801. The fourth-order valence-corrected chi connectivity index (χ4v) is 5.30. The molecule has 8 heteroatoms. The van der Waals surface area contributed by atoms with E-state index in [0.29, 0.717) is 23.8 Å². The number of esters is 1. The molecule has 6 rings (SSSR count). The van der Waals surface area contributed by atoms with Gasteiger partial charge in [-0.05, 0) is 40.8 Å². The van der Waals surface area contributed by atoms with Crippen molar-refractivity contribution in [3.8, 4) is 67.9 Å². The van der Waals surface area contributed by atoms with E-state index in [9.17, 15) is 9.90 Å². The quantitative estimate of drug-likeness (QED) is 0.0978. The van der Waals surface area contributed by atoms with E-state index in [1.165, 1.54) is 13.2 Å². The third-order valence-electron chi connectivity index (χ3n) is 8.00. The maximum absolute atomic E-state index is 12.4. The van der Waals surface area contributed by atoms with Gasteiger partial charge in [0, 0.05) is 23.8 Å². The Morgan fingerprint density at radius 1 is 0.653 bits per heavy atom. The Kier molecular flexibility index (Phi) is 10.7. The van der Waals surface area contributed by atoms with Crippen molar-refractivity contribution in [1.82, 2.24) is 15.0 Å². The highest BCUT2D eigenvalue weighted by atomic mass is 16.6. The summed E-state index contributed by atoms with van der Waals surface area (Å²) in [6.45, 7) is 2.59. The van der Waals surface area contributed by atoms with E-state index in [2.05, 4.69) is 31.2 Å². The summed E-state index contributed by atoms with van der Waals surface area (Å²) in [5, 5.41) is 11.2. The molecule has 0 bridgehead atoms. The van der Waals surface area contributed by atoms with Crippen LogP contribution >= 0.6 is 0 Å². The Bertz CT molecular complexity index is 1880. The number of benzene rings is 5. The van der Waals surface area contributed by atoms with Gasteiger partial charge in [-0.3, -0.25) is 0 Å². The first-order valence-corrected chi connectivity index (χ1v) is 16.3. The molecule has 1 N–H and O–H groups in total. The predicted octanol–water partition coefficient (Wildman–Crippen LogP) is 8.65. The highest BCUT2D eigenvalue weighted by Crippen LogP contribution is 2.34. The molecule has 0 radical (unpaired) electrons. The highest BCUT2D eigenvalue weighted by molar-refractivity contribution is 5.76. The maximum Gasteiger partial charge on any atom is 0.349 e. The van der Waals surface area contributed by atoms with Gasteiger partial charge in [-0.2, -0.15) is 0 Å². The summed E-state index contributed by atoms with van der Waals surface area (Å²) in [4.78, 5) is 26.9. The standard InChI is InChI=1S/C41H37N3O5/c1-3-4-25-48-27-37(41(46)47-2)49-34-23-24-35(36(45)26-34)40-43-38(32-19-15-30(16-20-32)28-11-7-5-8-12-28)42-39(44-40)33-21-17-31(18-22-33)29-13-9-6-10-14-29/h5-24,26,37,45H,3-4,25,27H2,1-2H3. The van der Waals surface area contributed by atoms with Crippen molar-refractivity contribution in [2.24, 2.45) is 0 Å². The molecule has 0 spiro atoms. The molecule has 1 unspecified atom stereocenters. The Hall–Kier alpha value is -5.86. The van der Waals surface area contributed by atoms with E-state index in [1.54, 1.807) is 12.1 Å². The molecule has 1 aromatic heterocycles. The number of carbonyl (C=O) groups excluding carboxylic acids is 1. The number of carbonyl (C=O) groups is 1. The maximum atomic E-state index is 12.4. The third kappa shape index (κ3) is 8.17. The third-order valence-corrected chi connectivity index (χ3v) is 8.00. The van der Waals surface area contributed by atoms with Crippen molar-refractivity contribution in [3.63, 3.8) is 0 Å². The molecule has 0 aliphatic heterocycles. The van der Waals surface area contributed by atoms with E-state index >= 15 is 0 Å². The van der Waals surface area contributed by atoms with Gasteiger partial charge in [-0.25, -0.2) is 19.7 Å². The zero-order valence-electron chi connectivity index (χ0n) is 27.5. The molecule has 5 aromatic carbocycles. The Morgan fingerprint density at radius 2 is 1.14 bits per heavy atom. The van der Waals surface area contributed by atoms with E-state index in [1.807, 2.05) is 84.9 Å². The van der Waals surface area contributed by atoms with Crippen molar-refractivity contribution >= 4 is 5.97 Å². The highest BCUT2D eigenvalue weighted by Gasteiger charge is 2.23. The average Bonchev–Trinajstić information content (AvgIpc) is 3.16. The van der Waals surface area contributed by atoms with Crippen molar-refractivity contribution in [2.75, 3.05) is 20.3 Å². The first-order chi connectivity index (χ1) is 24.0. The molecule has 0 aliphatic rings. The van der Waals surface area contributed by atoms with Crippen molar-refractivity contribution in [2.45, 2.75) is 25.9 Å². The number of aromatic nitrogens is 3. The van der Waals surface area contributed by atoms with Crippen LogP contribution in [0.4, 0.5) is 0 Å². The molecule has 0 saturated carbocycles. The van der Waals surface area contributed by atoms with Gasteiger partial charge in [0.05, 0.1) is 19.3 Å². The lowest BCUT2D eigenvalue weighted by Gasteiger charge is -2.18. The molecular formula is C41H37N3O5. The summed E-state index contributed by atoms with van der Waals surface area (Å²) in [7, 11) is 1.30. The van der Waals surface area contributed by atoms with E-state index < -0.39 is 12.1 Å². The molecule has 1 atom stereocenters. The molecule has 49 heavy (non-hydrogen) atoms. The van der Waals surface area contributed by atoms with Crippen LogP contribution in [-0.2, 0) is 14.3 Å². The first kappa shape index (κ1) is 33.1. The van der Waals surface area contributed by atoms with Crippen LogP contribution in [0.5, 0.6) is 11.5 Å². The van der Waals surface area contributed by atoms with Gasteiger partial charge < -0.3 is 19.3 Å². The molecule has 6 aromatic rings. The van der Waals surface area contributed by atoms with Gasteiger partial charge in [0.1, 0.15) is 11.5 Å². The topological polar surface area (TPSA) is 104 Å². The number of phenols is 1. The number of rotatable bonds is 13. The van der Waals surface area contributed by atoms with Crippen LogP contribution in [-0.4, -0.2) is 52.5 Å². The number of methoxy groups -OCH3 is 1. The van der Waals surface area contributed by atoms with Crippen molar-refractivity contribution in [3.05, 3.63) is 127 Å². The fraction of sp³-hybridized carbons (Fsp3) is 0.171. The SMILES string of the molecule is CCCCOCC(Oc1ccc(-c2nc(-c3ccc(-c4ccccc4)cc3)nc(-c3ccc(-c4ccccc4)cc3)n2)c(O)c1)C(=O)OC. The normalized spacial score (nSPS) is 11.6. The minimum absolute atomic E-state index is 0.0293. The summed E-state index contributed by atoms with van der Waals surface area (Å²) in [5.41, 5.74) is 6.35. The van der Waals surface area contributed by atoms with E-state index in [0.717, 1.165) is 46.2 Å². The lowest BCUT2D eigenvalue weighted by Crippen LogP contribution is -2.33. The van der Waals surface area contributed by atoms with Gasteiger partial charge in [-0.1, -0.05) is 123 Å². The molecule has 0 aliphatic carbocycles. The number of aromatic hydroxyl groups is 1. The van der Waals surface area contributed by atoms with Crippen LogP contribution in [0.15, 0.2) is 127 Å². The van der Waals surface area contributed by atoms with Crippen LogP contribution in [0, 0.1) is 0 Å². The fourth-order valence-electron chi connectivity index (χ4n) is 5.30. The summed E-state index contributed by atoms with van der Waals surface area (Å²) in [6, 6.07) is 41.1. The summed E-state index contributed by atoms with van der Waals surface area (Å²) >= 11 is 0. The molecule has 1 heterocycles. The number of phenolic OH excluding ortho intramolecular Hbond substituents is 1. The Balaban J connectivity index is 1.34. The molecular weight excluding hydrogens is 614 g/mol. The van der Waals surface area contributed by atoms with Gasteiger partial charge in [0.25, 0.3) is 0 Å². The zero-order chi connectivity index (χ0) is 34.0. The Labute approximate surface area is 286 Å². The molecule has 8 nitrogen and oxygen atoms in total. The van der Waals surface area contributed by atoms with Crippen molar-refractivity contribution < 1.29 is 24.1 Å². The molecule has 246 valence electrons. The minimum Gasteiger partial charge on any atom is -0.507 e. The van der Waals surface area contributed by atoms with Crippen LogP contribution in [0.2, 0.25) is 0 Å². The monoisotopic (exact) mass is 651 g/mol. The second-order valence-electron chi connectivity index (χ2n) is 11.4. The lowest BCUT2D eigenvalue weighted by atomic mass is 10.0. The first-order valence-electron chi connectivity index (χ1n) is 16.3. The number of ether oxygens (including phenoxy) is 3. The molecule has 0 fully saturated rings. The van der Waals surface area contributed by atoms with Gasteiger partial charge in [0.2, 0.25) is 6.10 Å². The second-order valence-corrected chi connectivity index (χ2v) is 11.4. The van der Waals surface area contributed by atoms with E-state index in [4.69, 9.17) is 29.2 Å². The van der Waals surface area contributed by atoms with Crippen LogP contribution in [0.25, 0.3) is 56.4 Å². The van der Waals surface area contributed by atoms with Gasteiger partial charge in [-0.15, -0.1) is 0 Å². The van der Waals surface area contributed by atoms with Crippen LogP contribution in [0.3, 0.4) is 0 Å². The van der Waals surface area contributed by atoms with Gasteiger partial charge >= 0.3 is 5.97 Å². The van der Waals surface area contributed by atoms with Gasteiger partial charge in [0.15, 0.2) is 17.5 Å². The number of unbranched alkanes of at least 4 members (excludes halogenated alkanes) is 1. The minimum atomic E-state index is -0.986. The largest absolute Gasteiger partial charge is 0.507 e. The molecule has 0 saturated heterocycles. The van der Waals surface area contributed by atoms with Crippen molar-refractivity contribution in [1.29, 1.82) is 0 Å². The van der Waals surface area contributed by atoms with Crippen LogP contribution in [0.1, 0.15) is 19.8 Å². The average molecular weight is 652 g/mol. The lowest BCUT2D eigenvalue weighted by molar-refractivity contribution is -0.151. The predicted molar refractivity (Wildman–Crippen MR) is 191 cm³/mol. The smallest absolute Gasteiger partial charge is 0.349 e. The molecule has 0 amide bonds. The number of hydrogen-bond donors (Lipinski definition) is 1. The summed E-state index contributed by atoms with van der Waals surface area (Å²) in [6.07, 6.45) is 0.853. The number of hydrogen-bond acceptors (Lipinski definition) is 8. The second kappa shape index (κ2) is 15.8.